The van der Waals surface area contributed by atoms with Gasteiger partial charge in [-0.05, 0) is 67.8 Å². The Morgan fingerprint density at radius 1 is 1.09 bits per heavy atom. The molecule has 9 rings (SSSR count). The van der Waals surface area contributed by atoms with E-state index >= 15 is 0 Å². The van der Waals surface area contributed by atoms with Crippen LogP contribution in [-0.2, 0) is 41.1 Å². The maximum atomic E-state index is 14.5. The smallest absolute Gasteiger partial charge is 0.344 e. The van der Waals surface area contributed by atoms with Crippen molar-refractivity contribution in [1.82, 2.24) is 14.8 Å². The van der Waals surface area contributed by atoms with Crippen LogP contribution in [0.5, 0.6) is 5.75 Å². The molecule has 11 heteroatoms. The molecule has 2 aromatic carbocycles. The van der Waals surface area contributed by atoms with Crippen molar-refractivity contribution in [2.75, 3.05) is 58.9 Å². The fraction of sp³-hybridized carbons (Fsp3) is 0.533. The lowest BCUT2D eigenvalue weighted by Gasteiger charge is -2.63. The van der Waals surface area contributed by atoms with E-state index in [1.165, 1.54) is 19.6 Å². The van der Waals surface area contributed by atoms with E-state index < -0.39 is 45.9 Å². The molecule has 56 heavy (non-hydrogen) atoms. The van der Waals surface area contributed by atoms with Crippen LogP contribution in [0.3, 0.4) is 0 Å². The molecule has 6 heterocycles. The zero-order chi connectivity index (χ0) is 39.4. The average Bonchev–Trinajstić information content (AvgIpc) is 3.87. The van der Waals surface area contributed by atoms with Gasteiger partial charge in [0.25, 0.3) is 0 Å². The fourth-order valence-corrected chi connectivity index (χ4v) is 12.8. The lowest BCUT2D eigenvalue weighted by atomic mass is 9.47. The number of esters is 2. The van der Waals surface area contributed by atoms with Crippen LogP contribution < -0.4 is 9.64 Å². The van der Waals surface area contributed by atoms with Crippen molar-refractivity contribution in [2.45, 2.75) is 87.5 Å². The highest BCUT2D eigenvalue weighted by molar-refractivity contribution is 5.91. The molecule has 0 radical (unpaired) electrons. The third-order valence-corrected chi connectivity index (χ3v) is 14.8. The van der Waals surface area contributed by atoms with Gasteiger partial charge in [0.15, 0.2) is 6.10 Å². The number of hydrogen-bond donors (Lipinski definition) is 2. The van der Waals surface area contributed by atoms with Crippen LogP contribution >= 0.6 is 0 Å². The molecule has 1 saturated heterocycles. The van der Waals surface area contributed by atoms with Crippen LogP contribution in [0.1, 0.15) is 68.8 Å². The van der Waals surface area contributed by atoms with Crippen LogP contribution in [0.15, 0.2) is 60.2 Å². The summed E-state index contributed by atoms with van der Waals surface area (Å²) in [5.74, 6) is -0.749. The summed E-state index contributed by atoms with van der Waals surface area (Å²) in [6, 6.07) is 11.4. The van der Waals surface area contributed by atoms with E-state index in [2.05, 4.69) is 64.2 Å². The van der Waals surface area contributed by atoms with Crippen LogP contribution in [-0.4, -0.2) is 116 Å². The van der Waals surface area contributed by atoms with Crippen molar-refractivity contribution < 1.29 is 33.7 Å². The lowest BCUT2D eigenvalue weighted by molar-refractivity contribution is -0.228. The average molecular weight is 763 g/mol. The Labute approximate surface area is 328 Å². The molecule has 2 bridgehead atoms. The van der Waals surface area contributed by atoms with Crippen molar-refractivity contribution in [3.8, 4) is 5.75 Å². The summed E-state index contributed by atoms with van der Waals surface area (Å²) < 4.78 is 18.0. The number of para-hydroxylation sites is 1. The minimum atomic E-state index is -2.25. The number of anilines is 1. The van der Waals surface area contributed by atoms with Gasteiger partial charge in [-0.1, -0.05) is 55.8 Å². The van der Waals surface area contributed by atoms with Crippen LogP contribution in [0, 0.1) is 11.3 Å². The van der Waals surface area contributed by atoms with Gasteiger partial charge in [0, 0.05) is 90.9 Å². The second kappa shape index (κ2) is 13.0. The standard InChI is InChI=1S/C45H54N4O7/c1-7-28-20-29-23-43(26-50,37-31(14-18-48(24-28)25-29)30-12-9-10-13-34(30)46-37)33-21-32-35(22-36(33)54-5)47(4)39-44(32)16-19-49-17-11-15-42(8-2,38(44)49)40(56-27(3)51)45(39,53)41(52)55-6/h9-13,15,20-22,26,29,38-40,46,53H,7-8,14,16-19,23-25H2,1-6H3/t29-,38-,39?,40+,42+,43-,44+,45?/m0/s1. The van der Waals surface area contributed by atoms with Gasteiger partial charge < -0.3 is 34.0 Å². The Morgan fingerprint density at radius 3 is 2.61 bits per heavy atom. The number of methoxy groups -OCH3 is 2. The number of aromatic amines is 1. The summed E-state index contributed by atoms with van der Waals surface area (Å²) >= 11 is 0. The van der Waals surface area contributed by atoms with Crippen LogP contribution in [0.2, 0.25) is 0 Å². The number of hydrogen-bond acceptors (Lipinski definition) is 10. The first-order chi connectivity index (χ1) is 27.0. The minimum absolute atomic E-state index is 0.106. The van der Waals surface area contributed by atoms with E-state index in [4.69, 9.17) is 14.2 Å². The van der Waals surface area contributed by atoms with Crippen molar-refractivity contribution in [3.63, 3.8) is 0 Å². The maximum absolute atomic E-state index is 14.5. The van der Waals surface area contributed by atoms with Crippen LogP contribution in [0.4, 0.5) is 5.69 Å². The summed E-state index contributed by atoms with van der Waals surface area (Å²) in [7, 11) is 4.82. The lowest BCUT2D eigenvalue weighted by Crippen LogP contribution is -2.81. The molecule has 11 nitrogen and oxygen atoms in total. The molecule has 1 spiro atoms. The topological polar surface area (TPSA) is 125 Å². The molecule has 296 valence electrons. The van der Waals surface area contributed by atoms with Crippen molar-refractivity contribution in [3.05, 3.63) is 82.6 Å². The van der Waals surface area contributed by atoms with E-state index in [0.29, 0.717) is 38.1 Å². The Kier molecular flexibility index (Phi) is 8.65. The molecule has 5 aliphatic heterocycles. The van der Waals surface area contributed by atoms with Crippen molar-refractivity contribution in [2.24, 2.45) is 11.3 Å². The summed E-state index contributed by atoms with van der Waals surface area (Å²) in [6.45, 7) is 9.63. The second-order valence-corrected chi connectivity index (χ2v) is 17.2. The Balaban J connectivity index is 1.34. The molecular formula is C45H54N4O7. The zero-order valence-corrected chi connectivity index (χ0v) is 33.4. The molecular weight excluding hydrogens is 709 g/mol. The number of ether oxygens (including phenoxy) is 3. The molecule has 0 amide bonds. The van der Waals surface area contributed by atoms with Gasteiger partial charge in [0.1, 0.15) is 12.0 Å². The third kappa shape index (κ3) is 4.71. The highest BCUT2D eigenvalue weighted by Gasteiger charge is 2.80. The third-order valence-electron chi connectivity index (χ3n) is 14.8. The van der Waals surface area contributed by atoms with Gasteiger partial charge in [-0.25, -0.2) is 4.79 Å². The van der Waals surface area contributed by atoms with Crippen molar-refractivity contribution in [1.29, 1.82) is 0 Å². The maximum Gasteiger partial charge on any atom is 0.344 e. The molecule has 2 fully saturated rings. The number of H-pyrrole nitrogens is 1. The quantitative estimate of drug-likeness (QED) is 0.197. The van der Waals surface area contributed by atoms with E-state index in [-0.39, 0.29) is 12.0 Å². The highest BCUT2D eigenvalue weighted by Crippen LogP contribution is 2.68. The molecule has 9 atom stereocenters. The molecule has 6 aliphatic rings. The van der Waals surface area contributed by atoms with Gasteiger partial charge in [-0.15, -0.1) is 0 Å². The molecule has 1 aliphatic carbocycles. The van der Waals surface area contributed by atoms with Gasteiger partial charge in [0.05, 0.1) is 25.7 Å². The number of aldehydes is 1. The molecule has 3 aromatic rings. The number of benzene rings is 2. The molecule has 1 aromatic heterocycles. The number of fused-ring (bicyclic) bond motifs is 6. The predicted molar refractivity (Wildman–Crippen MR) is 213 cm³/mol. The van der Waals surface area contributed by atoms with Crippen molar-refractivity contribution >= 4 is 34.8 Å². The zero-order valence-electron chi connectivity index (χ0n) is 33.4. The van der Waals surface area contributed by atoms with E-state index in [1.807, 2.05) is 31.0 Å². The van der Waals surface area contributed by atoms with E-state index in [1.54, 1.807) is 7.11 Å². The Morgan fingerprint density at radius 2 is 1.89 bits per heavy atom. The summed E-state index contributed by atoms with van der Waals surface area (Å²) in [5, 5.41) is 14.4. The second-order valence-electron chi connectivity index (χ2n) is 17.2. The van der Waals surface area contributed by atoms with Gasteiger partial charge in [-0.3, -0.25) is 14.6 Å². The largest absolute Gasteiger partial charge is 0.496 e. The number of aliphatic hydroxyl groups is 1. The summed E-state index contributed by atoms with van der Waals surface area (Å²) in [5.41, 5.74) is 1.82. The Bertz CT molecular complexity index is 2190. The minimum Gasteiger partial charge on any atom is -0.496 e. The van der Waals surface area contributed by atoms with E-state index in [0.717, 1.165) is 77.7 Å². The number of nitrogens with zero attached hydrogens (tertiary/aromatic N) is 3. The molecule has 1 saturated carbocycles. The summed E-state index contributed by atoms with van der Waals surface area (Å²) in [4.78, 5) is 52.5. The van der Waals surface area contributed by atoms with E-state index in [9.17, 15) is 19.5 Å². The number of nitrogens with one attached hydrogen (secondary N) is 1. The first-order valence-electron chi connectivity index (χ1n) is 20.3. The number of likely N-dealkylation sites (N-methyl/N-ethyl adjacent to an activating group) is 1. The highest BCUT2D eigenvalue weighted by atomic mass is 16.6. The first kappa shape index (κ1) is 37.1. The summed E-state index contributed by atoms with van der Waals surface area (Å²) in [6.07, 6.45) is 9.89. The number of carbonyl (C=O) groups is 3. The van der Waals surface area contributed by atoms with Crippen LogP contribution in [0.25, 0.3) is 10.9 Å². The SMILES string of the molecule is CCC1=C[C@@H]2CN(CCc3c([nH]c4ccccc34)[C@@](C=O)(c3cc4c(cc3OC)N(C)C3C(O)(C(=O)OC)[C@H](OC(C)=O)[C@]5(CC)C=CCN6CC[C@]43[C@@H]65)C2)C1. The number of carbonyl (C=O) groups excluding carboxylic acids is 3. The number of aromatic nitrogens is 1. The molecule has 3 unspecified atom stereocenters. The fourth-order valence-electron chi connectivity index (χ4n) is 12.8. The predicted octanol–water partition coefficient (Wildman–Crippen LogP) is 4.82. The van der Waals surface area contributed by atoms with Gasteiger partial charge in [0.2, 0.25) is 5.60 Å². The molecule has 2 N–H and O–H groups in total. The monoisotopic (exact) mass is 762 g/mol. The first-order valence-corrected chi connectivity index (χ1v) is 20.3. The van der Waals surface area contributed by atoms with Gasteiger partial charge in [-0.2, -0.15) is 0 Å². The Hall–Kier alpha value is -4.45. The normalized spacial score (nSPS) is 35.6. The van der Waals surface area contributed by atoms with Gasteiger partial charge >= 0.3 is 11.9 Å². The number of rotatable bonds is 7.